The van der Waals surface area contributed by atoms with Crippen LogP contribution in [0.3, 0.4) is 0 Å². The maximum atomic E-state index is 14.2. The van der Waals surface area contributed by atoms with E-state index in [9.17, 15) is 18.0 Å². The zero-order valence-corrected chi connectivity index (χ0v) is 17.8. The summed E-state index contributed by atoms with van der Waals surface area (Å²) >= 11 is 0. The number of ether oxygens (including phenoxy) is 6. The Balaban J connectivity index is 2.21. The molecule has 176 valence electrons. The molecule has 2 heterocycles. The molecule has 1 fully saturated rings. The Kier molecular flexibility index (Phi) is 6.67. The van der Waals surface area contributed by atoms with E-state index in [1.807, 2.05) is 0 Å². The number of amidine groups is 1. The van der Waals surface area contributed by atoms with Crippen LogP contribution in [0.2, 0.25) is 0 Å². The Morgan fingerprint density at radius 3 is 2.09 bits per heavy atom. The number of esters is 1. The number of carbonyl (C=O) groups is 1. The Morgan fingerprint density at radius 1 is 1.03 bits per heavy atom. The number of hydrogen-bond acceptors (Lipinski definition) is 10. The molecule has 0 aromatic heterocycles. The van der Waals surface area contributed by atoms with Gasteiger partial charge in [0, 0.05) is 18.7 Å². The van der Waals surface area contributed by atoms with Gasteiger partial charge >= 0.3 is 17.8 Å². The number of alkyl halides is 3. The zero-order valence-electron chi connectivity index (χ0n) is 17.8. The van der Waals surface area contributed by atoms with E-state index >= 15 is 0 Å². The predicted octanol–water partition coefficient (Wildman–Crippen LogP) is 1.61. The summed E-state index contributed by atoms with van der Waals surface area (Å²) in [6.45, 7) is 0.902. The highest BCUT2D eigenvalue weighted by atomic mass is 19.4. The van der Waals surface area contributed by atoms with E-state index in [0.29, 0.717) is 0 Å². The van der Waals surface area contributed by atoms with Gasteiger partial charge in [0.15, 0.2) is 11.5 Å². The largest absolute Gasteiger partial charge is 0.493 e. The van der Waals surface area contributed by atoms with Crippen molar-refractivity contribution in [1.82, 2.24) is 4.90 Å². The van der Waals surface area contributed by atoms with Gasteiger partial charge in [-0.3, -0.25) is 0 Å². The van der Waals surface area contributed by atoms with Gasteiger partial charge in [-0.2, -0.15) is 23.2 Å². The minimum atomic E-state index is -5.21. The number of morpholine rings is 1. The molecule has 1 aromatic carbocycles. The summed E-state index contributed by atoms with van der Waals surface area (Å²) in [7, 11) is 4.90. The molecule has 0 saturated carbocycles. The molecule has 2 aliphatic heterocycles. The molecule has 0 bridgehead atoms. The third-order valence-corrected chi connectivity index (χ3v) is 4.77. The normalized spacial score (nSPS) is 21.2. The van der Waals surface area contributed by atoms with Gasteiger partial charge < -0.3 is 33.3 Å². The fourth-order valence-corrected chi connectivity index (χ4v) is 3.14. The first-order valence-electron chi connectivity index (χ1n) is 9.36. The quantitative estimate of drug-likeness (QED) is 0.610. The zero-order chi connectivity index (χ0) is 23.5. The van der Waals surface area contributed by atoms with E-state index < -0.39 is 29.7 Å². The van der Waals surface area contributed by atoms with Crippen LogP contribution in [0.4, 0.5) is 13.2 Å². The maximum absolute atomic E-state index is 14.2. The van der Waals surface area contributed by atoms with Crippen LogP contribution in [0.5, 0.6) is 17.2 Å². The lowest BCUT2D eigenvalue weighted by atomic mass is 10.1. The van der Waals surface area contributed by atoms with Crippen molar-refractivity contribution in [2.45, 2.75) is 11.8 Å². The van der Waals surface area contributed by atoms with Gasteiger partial charge in [0.05, 0.1) is 41.7 Å². The molecule has 1 aromatic rings. The van der Waals surface area contributed by atoms with Gasteiger partial charge in [-0.1, -0.05) is 0 Å². The Hall–Kier alpha value is -3.22. The first kappa shape index (κ1) is 23.4. The average molecular weight is 461 g/mol. The lowest BCUT2D eigenvalue weighted by molar-refractivity contribution is -0.202. The number of methoxy groups -OCH3 is 4. The molecule has 10 nitrogen and oxygen atoms in total. The monoisotopic (exact) mass is 461 g/mol. The van der Waals surface area contributed by atoms with Crippen molar-refractivity contribution in [3.63, 3.8) is 0 Å². The average Bonchev–Trinajstić information content (AvgIpc) is 2.81. The summed E-state index contributed by atoms with van der Waals surface area (Å²) in [5, 5.41) is 0. The predicted molar refractivity (Wildman–Crippen MR) is 104 cm³/mol. The number of halogens is 3. The lowest BCUT2D eigenvalue weighted by Crippen LogP contribution is -2.55. The summed E-state index contributed by atoms with van der Waals surface area (Å²) < 4.78 is 73.6. The van der Waals surface area contributed by atoms with E-state index in [2.05, 4.69) is 14.7 Å². The molecule has 0 radical (unpaired) electrons. The number of rotatable bonds is 5. The summed E-state index contributed by atoms with van der Waals surface area (Å²) in [5.41, 5.74) is -3.51. The van der Waals surface area contributed by atoms with Crippen LogP contribution in [-0.4, -0.2) is 89.4 Å². The lowest BCUT2D eigenvalue weighted by Gasteiger charge is -2.35. The molecule has 0 N–H and O–H groups in total. The summed E-state index contributed by atoms with van der Waals surface area (Å²) in [6.07, 6.45) is -5.21. The molecule has 1 saturated heterocycles. The molecule has 0 aliphatic carbocycles. The van der Waals surface area contributed by atoms with E-state index in [4.69, 9.17) is 23.7 Å². The fourth-order valence-electron chi connectivity index (χ4n) is 3.14. The molecule has 0 spiro atoms. The minimum Gasteiger partial charge on any atom is -0.493 e. The standard InChI is InChI=1S/C19H22F3N3O7/c1-27-12-9-11(10-13(28-2)14(12)29-3)15-23-18(16(26)30-4,19(20,21)22)24-17(32-15)25-5-7-31-8-6-25/h9-10H,5-8H2,1-4H3/t18-/m1/s1. The van der Waals surface area contributed by atoms with Gasteiger partial charge in [-0.25, -0.2) is 4.79 Å². The second-order valence-electron chi connectivity index (χ2n) is 6.59. The van der Waals surface area contributed by atoms with E-state index in [1.165, 1.54) is 38.4 Å². The second-order valence-corrected chi connectivity index (χ2v) is 6.59. The van der Waals surface area contributed by atoms with Crippen LogP contribution >= 0.6 is 0 Å². The molecule has 3 rings (SSSR count). The number of aliphatic imine (C=N–C) groups is 2. The van der Waals surface area contributed by atoms with Crippen LogP contribution in [0.25, 0.3) is 0 Å². The third kappa shape index (κ3) is 4.11. The molecule has 13 heteroatoms. The summed E-state index contributed by atoms with van der Waals surface area (Å²) in [6, 6.07) is 2.26. The van der Waals surface area contributed by atoms with Crippen molar-refractivity contribution in [1.29, 1.82) is 0 Å². The van der Waals surface area contributed by atoms with Gasteiger partial charge in [0.25, 0.3) is 6.02 Å². The summed E-state index contributed by atoms with van der Waals surface area (Å²) in [4.78, 5) is 20.9. The van der Waals surface area contributed by atoms with Crippen LogP contribution in [0.1, 0.15) is 5.56 Å². The fraction of sp³-hybridized carbons (Fsp3) is 0.526. The number of nitrogens with zero attached hydrogens (tertiary/aromatic N) is 3. The Labute approximate surface area is 181 Å². The Bertz CT molecular complexity index is 904. The SMILES string of the molecule is COC(=O)[C@@]1(C(F)(F)F)N=C(c2cc(OC)c(OC)c(OC)c2)OC(N2CCOCC2)=N1. The smallest absolute Gasteiger partial charge is 0.446 e. The van der Waals surface area contributed by atoms with Crippen LogP contribution in [-0.2, 0) is 19.0 Å². The van der Waals surface area contributed by atoms with Crippen LogP contribution in [0, 0.1) is 0 Å². The van der Waals surface area contributed by atoms with Gasteiger partial charge in [-0.05, 0) is 12.1 Å². The molecule has 32 heavy (non-hydrogen) atoms. The Morgan fingerprint density at radius 2 is 1.62 bits per heavy atom. The minimum absolute atomic E-state index is 0.0395. The summed E-state index contributed by atoms with van der Waals surface area (Å²) in [5.74, 6) is -1.71. The van der Waals surface area contributed by atoms with Crippen LogP contribution in [0.15, 0.2) is 22.1 Å². The maximum Gasteiger partial charge on any atom is 0.446 e. The number of benzene rings is 1. The molecule has 2 aliphatic rings. The van der Waals surface area contributed by atoms with Crippen molar-refractivity contribution >= 4 is 17.9 Å². The highest BCUT2D eigenvalue weighted by molar-refractivity contribution is 6.06. The van der Waals surface area contributed by atoms with E-state index in [1.54, 1.807) is 0 Å². The first-order chi connectivity index (χ1) is 15.2. The number of hydrogen-bond donors (Lipinski definition) is 0. The number of carbonyl (C=O) groups excluding carboxylic acids is 1. The first-order valence-corrected chi connectivity index (χ1v) is 9.36. The van der Waals surface area contributed by atoms with Crippen molar-refractivity contribution < 1.29 is 46.4 Å². The van der Waals surface area contributed by atoms with Crippen molar-refractivity contribution in [3.8, 4) is 17.2 Å². The molecular weight excluding hydrogens is 439 g/mol. The molecular formula is C19H22F3N3O7. The van der Waals surface area contributed by atoms with E-state index in [-0.39, 0.29) is 49.1 Å². The molecule has 1 atom stereocenters. The highest BCUT2D eigenvalue weighted by Gasteiger charge is 2.65. The van der Waals surface area contributed by atoms with Crippen molar-refractivity contribution in [2.24, 2.45) is 9.98 Å². The van der Waals surface area contributed by atoms with Crippen molar-refractivity contribution in [3.05, 3.63) is 17.7 Å². The topological polar surface area (TPSA) is 100 Å². The third-order valence-electron chi connectivity index (χ3n) is 4.77. The second kappa shape index (κ2) is 9.10. The van der Waals surface area contributed by atoms with E-state index in [0.717, 1.165) is 7.11 Å². The molecule has 0 amide bonds. The molecule has 0 unspecified atom stereocenters. The van der Waals surface area contributed by atoms with Gasteiger partial charge in [0.1, 0.15) is 0 Å². The highest BCUT2D eigenvalue weighted by Crippen LogP contribution is 2.42. The van der Waals surface area contributed by atoms with Gasteiger partial charge in [0.2, 0.25) is 11.6 Å². The van der Waals surface area contributed by atoms with Gasteiger partial charge in [-0.15, -0.1) is 0 Å². The van der Waals surface area contributed by atoms with Crippen LogP contribution < -0.4 is 14.2 Å². The van der Waals surface area contributed by atoms with Crippen molar-refractivity contribution in [2.75, 3.05) is 54.7 Å².